The molecule has 1 amide bonds. The van der Waals surface area contributed by atoms with Gasteiger partial charge in [-0.25, -0.2) is 8.42 Å². The molecule has 0 atom stereocenters. The monoisotopic (exact) mass is 489 g/mol. The van der Waals surface area contributed by atoms with E-state index in [-0.39, 0.29) is 28.1 Å². The molecule has 0 aliphatic carbocycles. The Labute approximate surface area is 198 Å². The van der Waals surface area contributed by atoms with Gasteiger partial charge in [-0.15, -0.1) is 5.10 Å². The van der Waals surface area contributed by atoms with Crippen molar-refractivity contribution in [3.63, 3.8) is 0 Å². The van der Waals surface area contributed by atoms with Crippen molar-refractivity contribution in [1.29, 1.82) is 0 Å². The van der Waals surface area contributed by atoms with Crippen LogP contribution in [0.25, 0.3) is 11.5 Å². The fourth-order valence-electron chi connectivity index (χ4n) is 3.05. The third-order valence-corrected chi connectivity index (χ3v) is 6.41. The van der Waals surface area contributed by atoms with Crippen molar-refractivity contribution in [1.82, 2.24) is 10.2 Å². The molecular weight excluding hydrogens is 462 g/mol. The average Bonchev–Trinajstić information content (AvgIpc) is 3.30. The van der Waals surface area contributed by atoms with E-state index in [0.29, 0.717) is 42.6 Å². The van der Waals surface area contributed by atoms with Crippen LogP contribution in [0.4, 0.5) is 6.01 Å². The number of sulfone groups is 1. The predicted molar refractivity (Wildman–Crippen MR) is 125 cm³/mol. The van der Waals surface area contributed by atoms with Crippen molar-refractivity contribution in [2.75, 3.05) is 30.9 Å². The molecule has 0 aliphatic rings. The van der Waals surface area contributed by atoms with E-state index in [1.54, 1.807) is 19.1 Å². The first-order valence-electron chi connectivity index (χ1n) is 10.9. The number of carbonyl (C=O) groups excluding carboxylic acids is 1. The van der Waals surface area contributed by atoms with Crippen molar-refractivity contribution in [3.05, 3.63) is 42.0 Å². The summed E-state index contributed by atoms with van der Waals surface area (Å²) in [7, 11) is -3.35. The number of nitrogens with one attached hydrogen (secondary N) is 1. The first-order chi connectivity index (χ1) is 16.3. The fourth-order valence-corrected chi connectivity index (χ4v) is 3.94. The van der Waals surface area contributed by atoms with Crippen LogP contribution in [-0.4, -0.2) is 50.1 Å². The van der Waals surface area contributed by atoms with Gasteiger partial charge in [0, 0.05) is 11.1 Å². The van der Waals surface area contributed by atoms with E-state index in [2.05, 4.69) is 15.5 Å². The zero-order chi connectivity index (χ0) is 24.7. The number of amides is 1. The predicted octanol–water partition coefficient (Wildman–Crippen LogP) is 3.98. The molecule has 11 heteroatoms. The molecule has 182 valence electrons. The number of ether oxygens (including phenoxy) is 3. The highest BCUT2D eigenvalue weighted by molar-refractivity contribution is 7.91. The number of anilines is 1. The Morgan fingerprint density at radius 1 is 0.912 bits per heavy atom. The largest absolute Gasteiger partial charge is 0.490 e. The van der Waals surface area contributed by atoms with Gasteiger partial charge in [-0.1, -0.05) is 12.0 Å². The van der Waals surface area contributed by atoms with Crippen molar-refractivity contribution >= 4 is 21.8 Å². The Kier molecular flexibility index (Phi) is 8.11. The summed E-state index contributed by atoms with van der Waals surface area (Å²) >= 11 is 0. The first-order valence-corrected chi connectivity index (χ1v) is 12.5. The number of nitrogens with zero attached hydrogens (tertiary/aromatic N) is 2. The van der Waals surface area contributed by atoms with Crippen LogP contribution in [0.5, 0.6) is 17.2 Å². The third-order valence-electron chi connectivity index (χ3n) is 4.66. The molecule has 34 heavy (non-hydrogen) atoms. The van der Waals surface area contributed by atoms with Crippen LogP contribution < -0.4 is 19.5 Å². The average molecular weight is 490 g/mol. The molecule has 3 aromatic rings. The maximum atomic E-state index is 12.5. The van der Waals surface area contributed by atoms with Crippen molar-refractivity contribution < 1.29 is 31.8 Å². The summed E-state index contributed by atoms with van der Waals surface area (Å²) in [6.45, 7) is 8.39. The number of hydrogen-bond donors (Lipinski definition) is 1. The summed E-state index contributed by atoms with van der Waals surface area (Å²) < 4.78 is 46.6. The van der Waals surface area contributed by atoms with Gasteiger partial charge in [-0.3, -0.25) is 10.1 Å². The summed E-state index contributed by atoms with van der Waals surface area (Å²) in [4.78, 5) is 12.7. The van der Waals surface area contributed by atoms with Gasteiger partial charge in [0.25, 0.3) is 5.91 Å². The minimum absolute atomic E-state index is 0.0229. The first kappa shape index (κ1) is 25.0. The molecule has 0 fully saturated rings. The van der Waals surface area contributed by atoms with Crippen LogP contribution in [0.2, 0.25) is 0 Å². The lowest BCUT2D eigenvalue weighted by Gasteiger charge is -2.16. The highest BCUT2D eigenvalue weighted by atomic mass is 32.2. The van der Waals surface area contributed by atoms with Gasteiger partial charge < -0.3 is 18.6 Å². The van der Waals surface area contributed by atoms with Crippen LogP contribution in [0.15, 0.2) is 45.7 Å². The zero-order valence-corrected chi connectivity index (χ0v) is 20.3. The Morgan fingerprint density at radius 2 is 1.50 bits per heavy atom. The van der Waals surface area contributed by atoms with Crippen LogP contribution in [-0.2, 0) is 9.84 Å². The normalized spacial score (nSPS) is 11.2. The van der Waals surface area contributed by atoms with E-state index in [1.165, 1.54) is 24.3 Å². The SMILES string of the molecule is CCOc1cc(-c2nnc(NC(=O)c3ccc(S(=O)(=O)CC)cc3)o2)cc(OCC)c1OCC. The van der Waals surface area contributed by atoms with Crippen molar-refractivity contribution in [2.45, 2.75) is 32.6 Å². The molecule has 0 saturated heterocycles. The molecule has 1 heterocycles. The van der Waals surface area contributed by atoms with Crippen LogP contribution >= 0.6 is 0 Å². The minimum atomic E-state index is -3.35. The van der Waals surface area contributed by atoms with E-state index in [1.807, 2.05) is 20.8 Å². The van der Waals surface area contributed by atoms with E-state index < -0.39 is 15.7 Å². The molecule has 2 aromatic carbocycles. The highest BCUT2D eigenvalue weighted by Crippen LogP contribution is 2.41. The summed E-state index contributed by atoms with van der Waals surface area (Å²) in [5.74, 6) is 1.02. The lowest BCUT2D eigenvalue weighted by Crippen LogP contribution is -2.12. The van der Waals surface area contributed by atoms with Gasteiger partial charge in [0.1, 0.15) is 0 Å². The summed E-state index contributed by atoms with van der Waals surface area (Å²) in [5.41, 5.74) is 0.769. The Balaban J connectivity index is 1.84. The van der Waals surface area contributed by atoms with Gasteiger partial charge in [-0.05, 0) is 57.2 Å². The van der Waals surface area contributed by atoms with Gasteiger partial charge in [0.15, 0.2) is 21.3 Å². The molecule has 0 unspecified atom stereocenters. The topological polar surface area (TPSA) is 130 Å². The second-order valence-corrected chi connectivity index (χ2v) is 9.17. The highest BCUT2D eigenvalue weighted by Gasteiger charge is 2.20. The lowest BCUT2D eigenvalue weighted by atomic mass is 10.2. The van der Waals surface area contributed by atoms with Crippen LogP contribution in [0, 0.1) is 0 Å². The van der Waals surface area contributed by atoms with E-state index >= 15 is 0 Å². The standard InChI is InChI=1S/C23H27N3O7S/c1-5-30-18-13-16(14-19(31-6-2)20(18)32-7-3)22-25-26-23(33-22)24-21(27)15-9-11-17(12-10-15)34(28,29)8-4/h9-14H,5-8H2,1-4H3,(H,24,26,27). The number of rotatable bonds is 11. The molecule has 1 N–H and O–H groups in total. The molecule has 3 rings (SSSR count). The number of aromatic nitrogens is 2. The molecule has 0 radical (unpaired) electrons. The van der Waals surface area contributed by atoms with Crippen molar-refractivity contribution in [3.8, 4) is 28.7 Å². The second-order valence-electron chi connectivity index (χ2n) is 6.89. The Bertz CT molecular complexity index is 1210. The Hall–Kier alpha value is -3.60. The van der Waals surface area contributed by atoms with Crippen LogP contribution in [0.3, 0.4) is 0 Å². The van der Waals surface area contributed by atoms with Crippen molar-refractivity contribution in [2.24, 2.45) is 0 Å². The molecule has 10 nitrogen and oxygen atoms in total. The number of carbonyl (C=O) groups is 1. The molecule has 1 aromatic heterocycles. The van der Waals surface area contributed by atoms with E-state index in [9.17, 15) is 13.2 Å². The molecule has 0 saturated carbocycles. The summed E-state index contributed by atoms with van der Waals surface area (Å²) in [5, 5.41) is 10.4. The second kappa shape index (κ2) is 11.0. The van der Waals surface area contributed by atoms with E-state index in [0.717, 1.165) is 0 Å². The lowest BCUT2D eigenvalue weighted by molar-refractivity contribution is 0.102. The van der Waals surface area contributed by atoms with Gasteiger partial charge >= 0.3 is 6.01 Å². The van der Waals surface area contributed by atoms with Crippen LogP contribution in [0.1, 0.15) is 38.1 Å². The van der Waals surface area contributed by atoms with Gasteiger partial charge in [0.05, 0.1) is 30.5 Å². The third kappa shape index (κ3) is 5.66. The summed E-state index contributed by atoms with van der Waals surface area (Å²) in [6, 6.07) is 8.89. The molecule has 0 spiro atoms. The molecule has 0 bridgehead atoms. The van der Waals surface area contributed by atoms with Gasteiger partial charge in [0.2, 0.25) is 11.6 Å². The maximum Gasteiger partial charge on any atom is 0.322 e. The van der Waals surface area contributed by atoms with E-state index in [4.69, 9.17) is 18.6 Å². The number of benzene rings is 2. The molecule has 0 aliphatic heterocycles. The smallest absolute Gasteiger partial charge is 0.322 e. The molecular formula is C23H27N3O7S. The maximum absolute atomic E-state index is 12.5. The quantitative estimate of drug-likeness (QED) is 0.425. The fraction of sp³-hybridized carbons (Fsp3) is 0.348. The summed E-state index contributed by atoms with van der Waals surface area (Å²) in [6.07, 6.45) is 0. The zero-order valence-electron chi connectivity index (χ0n) is 19.5. The minimum Gasteiger partial charge on any atom is -0.490 e. The number of hydrogen-bond acceptors (Lipinski definition) is 9. The van der Waals surface area contributed by atoms with Gasteiger partial charge in [-0.2, -0.15) is 0 Å². The Morgan fingerprint density at radius 3 is 2.03 bits per heavy atom.